The van der Waals surface area contributed by atoms with Gasteiger partial charge in [0.05, 0.1) is 5.56 Å². The van der Waals surface area contributed by atoms with E-state index in [1.165, 1.54) is 6.07 Å². The minimum absolute atomic E-state index is 0.130. The van der Waals surface area contributed by atoms with Gasteiger partial charge in [-0.1, -0.05) is 29.4 Å². The highest BCUT2D eigenvalue weighted by molar-refractivity contribution is 5.94. The van der Waals surface area contributed by atoms with Crippen molar-refractivity contribution < 1.29 is 22.5 Å². The zero-order valence-electron chi connectivity index (χ0n) is 16.9. The first-order valence-electron chi connectivity index (χ1n) is 10.0. The predicted octanol–water partition coefficient (Wildman–Crippen LogP) is 4.55. The molecule has 0 radical (unpaired) electrons. The Labute approximate surface area is 177 Å². The number of halogens is 3. The van der Waals surface area contributed by atoms with E-state index in [0.29, 0.717) is 31.2 Å². The Kier molecular flexibility index (Phi) is 5.75. The number of hydrogen-bond acceptors (Lipinski definition) is 5. The molecule has 0 bridgehead atoms. The van der Waals surface area contributed by atoms with E-state index in [2.05, 4.69) is 15.1 Å². The third-order valence-corrected chi connectivity index (χ3v) is 5.42. The fourth-order valence-electron chi connectivity index (χ4n) is 3.80. The van der Waals surface area contributed by atoms with E-state index < -0.39 is 11.9 Å². The van der Waals surface area contributed by atoms with Gasteiger partial charge in [0.2, 0.25) is 11.7 Å². The number of likely N-dealkylation sites (tertiary alicyclic amines) is 1. The summed E-state index contributed by atoms with van der Waals surface area (Å²) in [7, 11) is 0. The number of piperidine rings is 1. The summed E-state index contributed by atoms with van der Waals surface area (Å²) in [4.78, 5) is 22.3. The molecule has 3 heterocycles. The van der Waals surface area contributed by atoms with Crippen LogP contribution in [-0.2, 0) is 12.6 Å². The zero-order chi connectivity index (χ0) is 22.0. The van der Waals surface area contributed by atoms with Gasteiger partial charge in [-0.15, -0.1) is 0 Å². The van der Waals surface area contributed by atoms with Crippen LogP contribution < -0.4 is 0 Å². The van der Waals surface area contributed by atoms with Crippen molar-refractivity contribution >= 4 is 5.91 Å². The van der Waals surface area contributed by atoms with Crippen LogP contribution in [0.2, 0.25) is 0 Å². The molecule has 2 aromatic heterocycles. The lowest BCUT2D eigenvalue weighted by molar-refractivity contribution is -0.141. The molecule has 1 saturated heterocycles. The monoisotopic (exact) mass is 430 g/mol. The maximum absolute atomic E-state index is 12.7. The third-order valence-electron chi connectivity index (χ3n) is 5.42. The molecule has 1 atom stereocenters. The fraction of sp³-hybridized carbons (Fsp3) is 0.364. The summed E-state index contributed by atoms with van der Waals surface area (Å²) in [6, 6.07) is 9.78. The topological polar surface area (TPSA) is 72.1 Å². The third kappa shape index (κ3) is 4.76. The largest absolute Gasteiger partial charge is 0.433 e. The van der Waals surface area contributed by atoms with Crippen molar-refractivity contribution in [3.63, 3.8) is 0 Å². The molecule has 4 rings (SSSR count). The molecule has 1 aliphatic rings. The highest BCUT2D eigenvalue weighted by Gasteiger charge is 2.33. The molecule has 9 heteroatoms. The van der Waals surface area contributed by atoms with Crippen molar-refractivity contribution in [1.29, 1.82) is 0 Å². The minimum Gasteiger partial charge on any atom is -0.339 e. The van der Waals surface area contributed by atoms with E-state index in [1.54, 1.807) is 4.90 Å². The van der Waals surface area contributed by atoms with E-state index in [1.807, 2.05) is 31.2 Å². The molecule has 1 unspecified atom stereocenters. The van der Waals surface area contributed by atoms with Gasteiger partial charge in [0.15, 0.2) is 0 Å². The number of amides is 1. The van der Waals surface area contributed by atoms with Gasteiger partial charge in [0.1, 0.15) is 5.69 Å². The normalized spacial score (nSPS) is 17.0. The number of alkyl halides is 3. The highest BCUT2D eigenvalue weighted by Crippen LogP contribution is 2.28. The molecule has 0 aliphatic carbocycles. The molecule has 1 fully saturated rings. The van der Waals surface area contributed by atoms with Crippen molar-refractivity contribution in [3.8, 4) is 11.4 Å². The number of rotatable bonds is 4. The molecule has 1 aromatic carbocycles. The first-order valence-corrected chi connectivity index (χ1v) is 10.0. The van der Waals surface area contributed by atoms with Gasteiger partial charge in [-0.05, 0) is 43.4 Å². The fourth-order valence-corrected chi connectivity index (χ4v) is 3.80. The molecule has 0 spiro atoms. The summed E-state index contributed by atoms with van der Waals surface area (Å²) in [5, 5.41) is 4.08. The molecular weight excluding hydrogens is 409 g/mol. The second-order valence-corrected chi connectivity index (χ2v) is 7.72. The van der Waals surface area contributed by atoms with E-state index >= 15 is 0 Å². The molecule has 1 aliphatic heterocycles. The molecule has 31 heavy (non-hydrogen) atoms. The highest BCUT2D eigenvalue weighted by atomic mass is 19.4. The van der Waals surface area contributed by atoms with Crippen molar-refractivity contribution in [1.82, 2.24) is 20.0 Å². The van der Waals surface area contributed by atoms with E-state index in [9.17, 15) is 18.0 Å². The first kappa shape index (κ1) is 21.0. The van der Waals surface area contributed by atoms with Gasteiger partial charge in [0.25, 0.3) is 5.91 Å². The number of pyridine rings is 1. The number of carbonyl (C=O) groups is 1. The second-order valence-electron chi connectivity index (χ2n) is 7.72. The van der Waals surface area contributed by atoms with E-state index in [4.69, 9.17) is 4.52 Å². The molecule has 0 N–H and O–H groups in total. The van der Waals surface area contributed by atoms with E-state index in [-0.39, 0.29) is 17.4 Å². The van der Waals surface area contributed by atoms with Crippen LogP contribution in [0.15, 0.2) is 47.1 Å². The lowest BCUT2D eigenvalue weighted by Crippen LogP contribution is -2.40. The number of hydrogen-bond donors (Lipinski definition) is 0. The van der Waals surface area contributed by atoms with Crippen molar-refractivity contribution in [2.75, 3.05) is 13.1 Å². The summed E-state index contributed by atoms with van der Waals surface area (Å²) in [6.45, 7) is 3.00. The molecule has 3 aromatic rings. The van der Waals surface area contributed by atoms with Gasteiger partial charge >= 0.3 is 6.18 Å². The SMILES string of the molecule is Cc1ccccc1-c1noc(CC2CCCN(C(=O)c3ccc(C(F)(F)F)nc3)C2)n1. The smallest absolute Gasteiger partial charge is 0.339 e. The quantitative estimate of drug-likeness (QED) is 0.607. The second kappa shape index (κ2) is 8.49. The average Bonchev–Trinajstić information content (AvgIpc) is 3.21. The molecule has 0 saturated carbocycles. The van der Waals surface area contributed by atoms with E-state index in [0.717, 1.165) is 36.2 Å². The Morgan fingerprint density at radius 2 is 2.03 bits per heavy atom. The van der Waals surface area contributed by atoms with Crippen LogP contribution in [0.25, 0.3) is 11.4 Å². The van der Waals surface area contributed by atoms with Crippen LogP contribution in [0.4, 0.5) is 13.2 Å². The Morgan fingerprint density at radius 1 is 1.23 bits per heavy atom. The van der Waals surface area contributed by atoms with Gasteiger partial charge in [-0.3, -0.25) is 9.78 Å². The number of aryl methyl sites for hydroxylation is 1. The number of carbonyl (C=O) groups excluding carboxylic acids is 1. The lowest BCUT2D eigenvalue weighted by atomic mass is 9.94. The maximum atomic E-state index is 12.7. The van der Waals surface area contributed by atoms with Gasteiger partial charge in [-0.25, -0.2) is 0 Å². The number of benzene rings is 1. The maximum Gasteiger partial charge on any atom is 0.433 e. The predicted molar refractivity (Wildman–Crippen MR) is 106 cm³/mol. The summed E-state index contributed by atoms with van der Waals surface area (Å²) >= 11 is 0. The van der Waals surface area contributed by atoms with Crippen molar-refractivity contribution in [2.24, 2.45) is 5.92 Å². The van der Waals surface area contributed by atoms with Crippen LogP contribution in [0.3, 0.4) is 0 Å². The van der Waals surface area contributed by atoms with Crippen LogP contribution in [0.1, 0.15) is 40.3 Å². The average molecular weight is 430 g/mol. The van der Waals surface area contributed by atoms with Crippen molar-refractivity contribution in [2.45, 2.75) is 32.4 Å². The zero-order valence-corrected chi connectivity index (χ0v) is 16.9. The van der Waals surface area contributed by atoms with Crippen LogP contribution in [-0.4, -0.2) is 39.0 Å². The van der Waals surface area contributed by atoms with Gasteiger partial charge < -0.3 is 9.42 Å². The summed E-state index contributed by atoms with van der Waals surface area (Å²) in [6.07, 6.45) is -1.31. The molecular formula is C22H21F3N4O2. The minimum atomic E-state index is -4.53. The van der Waals surface area contributed by atoms with Gasteiger partial charge in [0, 0.05) is 31.3 Å². The standard InChI is InChI=1S/C22H21F3N4O2/c1-14-5-2-3-7-17(14)20-27-19(31-28-20)11-15-6-4-10-29(13-15)21(30)16-8-9-18(26-12-16)22(23,24)25/h2-3,5,7-9,12,15H,4,6,10-11,13H2,1H3. The molecule has 162 valence electrons. The molecule has 6 nitrogen and oxygen atoms in total. The summed E-state index contributed by atoms with van der Waals surface area (Å²) < 4.78 is 43.5. The lowest BCUT2D eigenvalue weighted by Gasteiger charge is -2.32. The van der Waals surface area contributed by atoms with Crippen LogP contribution in [0.5, 0.6) is 0 Å². The number of aromatic nitrogens is 3. The summed E-state index contributed by atoms with van der Waals surface area (Å²) in [5.41, 5.74) is 1.09. The van der Waals surface area contributed by atoms with Crippen LogP contribution in [0, 0.1) is 12.8 Å². The Hall–Kier alpha value is -3.23. The number of nitrogens with zero attached hydrogens (tertiary/aromatic N) is 4. The van der Waals surface area contributed by atoms with Crippen LogP contribution >= 0.6 is 0 Å². The first-order chi connectivity index (χ1) is 14.8. The summed E-state index contributed by atoms with van der Waals surface area (Å²) in [5.74, 6) is 0.851. The Bertz CT molecular complexity index is 1060. The Morgan fingerprint density at radius 3 is 2.74 bits per heavy atom. The van der Waals surface area contributed by atoms with Crippen molar-refractivity contribution in [3.05, 3.63) is 65.3 Å². The van der Waals surface area contributed by atoms with Gasteiger partial charge in [-0.2, -0.15) is 18.2 Å². The Balaban J connectivity index is 1.41. The molecule has 1 amide bonds.